The molecule has 1 amide bonds. The first-order valence-corrected chi connectivity index (χ1v) is 8.18. The van der Waals surface area contributed by atoms with Crippen LogP contribution in [0.2, 0.25) is 0 Å². The van der Waals surface area contributed by atoms with Crippen LogP contribution in [0, 0.1) is 11.8 Å². The van der Waals surface area contributed by atoms with E-state index < -0.39 is 0 Å². The molecule has 1 fully saturated rings. The molecule has 2 rings (SSSR count). The van der Waals surface area contributed by atoms with Gasteiger partial charge in [-0.2, -0.15) is 0 Å². The summed E-state index contributed by atoms with van der Waals surface area (Å²) in [4.78, 5) is 12.0. The van der Waals surface area contributed by atoms with Crippen LogP contribution in [0.3, 0.4) is 0 Å². The van der Waals surface area contributed by atoms with Crippen molar-refractivity contribution in [1.82, 2.24) is 10.6 Å². The van der Waals surface area contributed by atoms with Crippen molar-refractivity contribution in [2.45, 2.75) is 39.5 Å². The molecule has 0 aliphatic carbocycles. The highest BCUT2D eigenvalue weighted by atomic mass is 35.5. The van der Waals surface area contributed by atoms with Crippen LogP contribution in [0.25, 0.3) is 0 Å². The first kappa shape index (κ1) is 19.0. The molecule has 1 unspecified atom stereocenters. The standard InChI is InChI=1S/C18H28N2O.ClH/c1-14(2)10-15-5-7-16(8-6-15)11-18(21)20-13-17-4-3-9-19-12-17;/h5-8,14,17,19H,3-4,9-13H2,1-2H3,(H,20,21);1H. The van der Waals surface area contributed by atoms with Gasteiger partial charge in [-0.15, -0.1) is 12.4 Å². The van der Waals surface area contributed by atoms with Gasteiger partial charge >= 0.3 is 0 Å². The Hall–Kier alpha value is -1.06. The molecular weight excluding hydrogens is 296 g/mol. The van der Waals surface area contributed by atoms with Crippen molar-refractivity contribution in [3.63, 3.8) is 0 Å². The Kier molecular flexibility index (Phi) is 8.51. The van der Waals surface area contributed by atoms with Crippen LogP contribution >= 0.6 is 12.4 Å². The van der Waals surface area contributed by atoms with Gasteiger partial charge in [-0.3, -0.25) is 4.79 Å². The lowest BCUT2D eigenvalue weighted by atomic mass is 9.99. The summed E-state index contributed by atoms with van der Waals surface area (Å²) in [5.74, 6) is 1.40. The number of hydrogen-bond acceptors (Lipinski definition) is 2. The van der Waals surface area contributed by atoms with Gasteiger partial charge < -0.3 is 10.6 Å². The molecule has 3 nitrogen and oxygen atoms in total. The Morgan fingerprint density at radius 3 is 2.55 bits per heavy atom. The second-order valence-corrected chi connectivity index (χ2v) is 6.61. The van der Waals surface area contributed by atoms with Crippen LogP contribution in [0.15, 0.2) is 24.3 Å². The number of amides is 1. The Morgan fingerprint density at radius 2 is 1.95 bits per heavy atom. The molecule has 0 spiro atoms. The van der Waals surface area contributed by atoms with E-state index in [1.165, 1.54) is 18.4 Å². The second-order valence-electron chi connectivity index (χ2n) is 6.61. The van der Waals surface area contributed by atoms with Gasteiger partial charge in [0.05, 0.1) is 6.42 Å². The lowest BCUT2D eigenvalue weighted by molar-refractivity contribution is -0.120. The van der Waals surface area contributed by atoms with Gasteiger partial charge in [-0.05, 0) is 55.3 Å². The quantitative estimate of drug-likeness (QED) is 0.844. The highest BCUT2D eigenvalue weighted by Crippen LogP contribution is 2.11. The van der Waals surface area contributed by atoms with E-state index in [0.717, 1.165) is 31.6 Å². The zero-order valence-corrected chi connectivity index (χ0v) is 14.5. The zero-order chi connectivity index (χ0) is 15.1. The van der Waals surface area contributed by atoms with Crippen molar-refractivity contribution >= 4 is 18.3 Å². The lowest BCUT2D eigenvalue weighted by Crippen LogP contribution is -2.38. The molecule has 1 heterocycles. The maximum absolute atomic E-state index is 12.0. The van der Waals surface area contributed by atoms with Gasteiger partial charge in [0, 0.05) is 6.54 Å². The van der Waals surface area contributed by atoms with Gasteiger partial charge in [0.2, 0.25) is 5.91 Å². The van der Waals surface area contributed by atoms with E-state index >= 15 is 0 Å². The van der Waals surface area contributed by atoms with Gasteiger partial charge in [0.1, 0.15) is 0 Å². The normalized spacial score (nSPS) is 17.9. The maximum Gasteiger partial charge on any atom is 0.224 e. The van der Waals surface area contributed by atoms with Crippen molar-refractivity contribution in [2.24, 2.45) is 11.8 Å². The number of piperidine rings is 1. The molecule has 2 N–H and O–H groups in total. The SMILES string of the molecule is CC(C)Cc1ccc(CC(=O)NCC2CCCNC2)cc1.Cl. The molecule has 4 heteroatoms. The number of benzene rings is 1. The van der Waals surface area contributed by atoms with E-state index in [1.54, 1.807) is 0 Å². The lowest BCUT2D eigenvalue weighted by Gasteiger charge is -2.22. The third-order valence-electron chi connectivity index (χ3n) is 4.02. The van der Waals surface area contributed by atoms with Gasteiger partial charge in [0.25, 0.3) is 0 Å². The van der Waals surface area contributed by atoms with Crippen LogP contribution in [0.4, 0.5) is 0 Å². The van der Waals surface area contributed by atoms with E-state index in [9.17, 15) is 4.79 Å². The number of carbonyl (C=O) groups is 1. The van der Waals surface area contributed by atoms with Crippen molar-refractivity contribution in [1.29, 1.82) is 0 Å². The highest BCUT2D eigenvalue weighted by molar-refractivity contribution is 5.85. The van der Waals surface area contributed by atoms with E-state index in [-0.39, 0.29) is 18.3 Å². The molecule has 1 saturated heterocycles. The molecule has 1 aromatic carbocycles. The topological polar surface area (TPSA) is 41.1 Å². The first-order valence-electron chi connectivity index (χ1n) is 8.18. The number of nitrogens with one attached hydrogen (secondary N) is 2. The molecule has 0 saturated carbocycles. The molecule has 124 valence electrons. The highest BCUT2D eigenvalue weighted by Gasteiger charge is 2.13. The Morgan fingerprint density at radius 1 is 1.27 bits per heavy atom. The minimum atomic E-state index is 0. The monoisotopic (exact) mass is 324 g/mol. The van der Waals surface area contributed by atoms with E-state index in [0.29, 0.717) is 18.3 Å². The van der Waals surface area contributed by atoms with Crippen LogP contribution in [-0.4, -0.2) is 25.5 Å². The largest absolute Gasteiger partial charge is 0.355 e. The number of carbonyl (C=O) groups excluding carboxylic acids is 1. The summed E-state index contributed by atoms with van der Waals surface area (Å²) in [5.41, 5.74) is 2.45. The third kappa shape index (κ3) is 6.80. The summed E-state index contributed by atoms with van der Waals surface area (Å²) in [6.45, 7) is 7.40. The molecule has 1 aromatic rings. The third-order valence-corrected chi connectivity index (χ3v) is 4.02. The molecule has 0 bridgehead atoms. The summed E-state index contributed by atoms with van der Waals surface area (Å²) in [7, 11) is 0. The van der Waals surface area contributed by atoms with Gasteiger partial charge in [-0.1, -0.05) is 38.1 Å². The van der Waals surface area contributed by atoms with Crippen molar-refractivity contribution in [3.8, 4) is 0 Å². The molecule has 1 atom stereocenters. The van der Waals surface area contributed by atoms with Crippen LogP contribution in [-0.2, 0) is 17.6 Å². The predicted octanol–water partition coefficient (Wildman–Crippen LogP) is 2.97. The van der Waals surface area contributed by atoms with Crippen LogP contribution in [0.5, 0.6) is 0 Å². The second kappa shape index (κ2) is 9.86. The molecule has 0 radical (unpaired) electrons. The summed E-state index contributed by atoms with van der Waals surface area (Å²) in [5, 5.41) is 6.45. The number of rotatable bonds is 6. The molecule has 1 aliphatic heterocycles. The summed E-state index contributed by atoms with van der Waals surface area (Å²) >= 11 is 0. The van der Waals surface area contributed by atoms with Crippen molar-refractivity contribution in [3.05, 3.63) is 35.4 Å². The molecule has 0 aromatic heterocycles. The fourth-order valence-corrected chi connectivity index (χ4v) is 2.87. The number of halogens is 1. The van der Waals surface area contributed by atoms with Gasteiger partial charge in [0.15, 0.2) is 0 Å². The smallest absolute Gasteiger partial charge is 0.224 e. The average molecular weight is 325 g/mol. The van der Waals surface area contributed by atoms with Crippen molar-refractivity contribution in [2.75, 3.05) is 19.6 Å². The Balaban J connectivity index is 0.00000242. The predicted molar refractivity (Wildman–Crippen MR) is 94.5 cm³/mol. The number of hydrogen-bond donors (Lipinski definition) is 2. The maximum atomic E-state index is 12.0. The van der Waals surface area contributed by atoms with Crippen LogP contribution < -0.4 is 10.6 Å². The molecular formula is C18H29ClN2O. The van der Waals surface area contributed by atoms with Crippen molar-refractivity contribution < 1.29 is 4.79 Å². The molecule has 1 aliphatic rings. The summed E-state index contributed by atoms with van der Waals surface area (Å²) < 4.78 is 0. The fourth-order valence-electron chi connectivity index (χ4n) is 2.87. The average Bonchev–Trinajstić information content (AvgIpc) is 2.48. The summed E-state index contributed by atoms with van der Waals surface area (Å²) in [6, 6.07) is 8.46. The van der Waals surface area contributed by atoms with Gasteiger partial charge in [-0.25, -0.2) is 0 Å². The fraction of sp³-hybridized carbons (Fsp3) is 0.611. The Bertz CT molecular complexity index is 439. The summed E-state index contributed by atoms with van der Waals surface area (Å²) in [6.07, 6.45) is 4.03. The molecule has 22 heavy (non-hydrogen) atoms. The first-order chi connectivity index (χ1) is 10.1. The van der Waals surface area contributed by atoms with E-state index in [1.807, 2.05) is 0 Å². The van der Waals surface area contributed by atoms with Crippen LogP contribution in [0.1, 0.15) is 37.8 Å². The van der Waals surface area contributed by atoms with E-state index in [4.69, 9.17) is 0 Å². The minimum absolute atomic E-state index is 0. The Labute approximate surface area is 140 Å². The zero-order valence-electron chi connectivity index (χ0n) is 13.7. The van der Waals surface area contributed by atoms with E-state index in [2.05, 4.69) is 48.7 Å². The minimum Gasteiger partial charge on any atom is -0.355 e.